The van der Waals surface area contributed by atoms with Crippen LogP contribution in [0.15, 0.2) is 59.9 Å². The third kappa shape index (κ3) is 4.19. The number of carbonyl (C=O) groups is 1. The molecule has 4 rings (SSSR count). The number of H-pyrrole nitrogens is 1. The lowest BCUT2D eigenvalue weighted by Gasteiger charge is -2.23. The summed E-state index contributed by atoms with van der Waals surface area (Å²) >= 11 is 0.975. The SMILES string of the molecule is O=C(O)CSc1n[nH]c(-c2cc(-c3ccc4ncccc4c3)cc(N([O-])O)c2)n1. The lowest BCUT2D eigenvalue weighted by molar-refractivity contribution is -0.133. The summed E-state index contributed by atoms with van der Waals surface area (Å²) in [5, 5.41) is 37.5. The molecule has 0 spiro atoms. The molecule has 9 nitrogen and oxygen atoms in total. The monoisotopic (exact) mass is 408 g/mol. The number of aliphatic carboxylic acids is 1. The molecule has 0 aliphatic carbocycles. The molecule has 29 heavy (non-hydrogen) atoms. The Morgan fingerprint density at radius 2 is 1.97 bits per heavy atom. The third-order valence-corrected chi connectivity index (χ3v) is 4.97. The van der Waals surface area contributed by atoms with Crippen LogP contribution in [0.3, 0.4) is 0 Å². The van der Waals surface area contributed by atoms with Crippen molar-refractivity contribution in [2.45, 2.75) is 5.16 Å². The predicted molar refractivity (Wildman–Crippen MR) is 109 cm³/mol. The van der Waals surface area contributed by atoms with E-state index in [1.54, 1.807) is 18.3 Å². The minimum atomic E-state index is -0.973. The highest BCUT2D eigenvalue weighted by atomic mass is 32.2. The summed E-state index contributed by atoms with van der Waals surface area (Å²) in [5.41, 5.74) is 2.91. The predicted octanol–water partition coefficient (Wildman–Crippen LogP) is 3.56. The summed E-state index contributed by atoms with van der Waals surface area (Å²) in [6.07, 6.45) is 1.71. The smallest absolute Gasteiger partial charge is 0.313 e. The van der Waals surface area contributed by atoms with Gasteiger partial charge in [-0.05, 0) is 47.5 Å². The average molecular weight is 408 g/mol. The van der Waals surface area contributed by atoms with Gasteiger partial charge >= 0.3 is 5.97 Å². The number of aromatic amines is 1. The molecular formula is C19H14N5O4S-. The van der Waals surface area contributed by atoms with E-state index in [0.29, 0.717) is 17.0 Å². The van der Waals surface area contributed by atoms with Crippen LogP contribution in [0, 0.1) is 5.21 Å². The van der Waals surface area contributed by atoms with E-state index in [-0.39, 0.29) is 21.8 Å². The topological polar surface area (TPSA) is 138 Å². The minimum Gasteiger partial charge on any atom is -0.733 e. The molecule has 146 valence electrons. The Bertz CT molecular complexity index is 1190. The number of aromatic nitrogens is 4. The molecule has 2 aromatic carbocycles. The zero-order valence-corrected chi connectivity index (χ0v) is 15.6. The van der Waals surface area contributed by atoms with E-state index in [4.69, 9.17) is 5.11 Å². The molecule has 3 N–H and O–H groups in total. The molecule has 10 heteroatoms. The van der Waals surface area contributed by atoms with Gasteiger partial charge in [0.2, 0.25) is 5.16 Å². The Balaban J connectivity index is 1.75. The van der Waals surface area contributed by atoms with Crippen molar-refractivity contribution in [2.24, 2.45) is 0 Å². The molecule has 2 aromatic heterocycles. The molecule has 4 aromatic rings. The maximum Gasteiger partial charge on any atom is 0.313 e. The van der Waals surface area contributed by atoms with Gasteiger partial charge < -0.3 is 15.5 Å². The number of nitrogens with one attached hydrogen (secondary N) is 1. The fourth-order valence-electron chi connectivity index (χ4n) is 2.85. The molecule has 0 radical (unpaired) electrons. The van der Waals surface area contributed by atoms with Crippen LogP contribution in [0.5, 0.6) is 0 Å². The number of hydrogen-bond acceptors (Lipinski definition) is 8. The van der Waals surface area contributed by atoms with Gasteiger partial charge in [0.15, 0.2) is 5.82 Å². The molecule has 0 saturated carbocycles. The van der Waals surface area contributed by atoms with Gasteiger partial charge in [-0.15, -0.1) is 5.10 Å². The number of nitrogens with zero attached hydrogens (tertiary/aromatic N) is 4. The normalized spacial score (nSPS) is 11.0. The van der Waals surface area contributed by atoms with Gasteiger partial charge in [-0.1, -0.05) is 23.9 Å². The molecule has 0 bridgehead atoms. The highest BCUT2D eigenvalue weighted by Crippen LogP contribution is 2.32. The van der Waals surface area contributed by atoms with E-state index in [1.165, 1.54) is 6.07 Å². The van der Waals surface area contributed by atoms with E-state index < -0.39 is 5.97 Å². The van der Waals surface area contributed by atoms with E-state index >= 15 is 0 Å². The number of pyridine rings is 1. The van der Waals surface area contributed by atoms with E-state index in [1.807, 2.05) is 30.3 Å². The lowest BCUT2D eigenvalue weighted by atomic mass is 10.00. The largest absolute Gasteiger partial charge is 0.733 e. The number of hydrogen-bond donors (Lipinski definition) is 3. The highest BCUT2D eigenvalue weighted by Gasteiger charge is 2.12. The molecular weight excluding hydrogens is 394 g/mol. The van der Waals surface area contributed by atoms with Crippen molar-refractivity contribution in [1.82, 2.24) is 20.2 Å². The van der Waals surface area contributed by atoms with Gasteiger partial charge in [0.25, 0.3) is 0 Å². The number of benzene rings is 2. The van der Waals surface area contributed by atoms with Crippen LogP contribution in [0.25, 0.3) is 33.4 Å². The first-order valence-corrected chi connectivity index (χ1v) is 9.42. The number of rotatable bonds is 6. The Morgan fingerprint density at radius 1 is 1.14 bits per heavy atom. The van der Waals surface area contributed by atoms with E-state index in [2.05, 4.69) is 20.2 Å². The Hall–Kier alpha value is -3.47. The molecule has 0 aliphatic heterocycles. The van der Waals surface area contributed by atoms with Crippen molar-refractivity contribution in [3.63, 3.8) is 0 Å². The Labute approximate surface area is 168 Å². The molecule has 0 unspecified atom stereocenters. The van der Waals surface area contributed by atoms with Crippen molar-refractivity contribution in [2.75, 3.05) is 11.0 Å². The van der Waals surface area contributed by atoms with E-state index in [9.17, 15) is 15.2 Å². The number of carboxylic acids is 1. The zero-order valence-electron chi connectivity index (χ0n) is 14.8. The summed E-state index contributed by atoms with van der Waals surface area (Å²) in [6.45, 7) is 0. The maximum atomic E-state index is 11.6. The lowest BCUT2D eigenvalue weighted by Crippen LogP contribution is -2.07. The van der Waals surface area contributed by atoms with Gasteiger partial charge in [0.1, 0.15) is 0 Å². The van der Waals surface area contributed by atoms with Crippen LogP contribution in [0.2, 0.25) is 0 Å². The minimum absolute atomic E-state index is 0.0277. The van der Waals surface area contributed by atoms with Crippen LogP contribution < -0.4 is 5.23 Å². The standard InChI is InChI=1S/C19H14N5O4S/c25-17(26)10-29-19-21-18(22-23-19)14-7-13(8-15(9-14)24(27)28)11-3-4-16-12(6-11)2-1-5-20-16/h1-9,27H,10H2,(H,25,26)(H,21,22,23)/q-1. The van der Waals surface area contributed by atoms with Crippen LogP contribution in [-0.2, 0) is 4.79 Å². The molecule has 0 atom stereocenters. The number of fused-ring (bicyclic) bond motifs is 1. The number of carboxylic acid groups (broad SMARTS) is 1. The van der Waals surface area contributed by atoms with Crippen molar-refractivity contribution in [3.05, 3.63) is 59.9 Å². The van der Waals surface area contributed by atoms with Crippen LogP contribution in [0.4, 0.5) is 5.69 Å². The summed E-state index contributed by atoms with van der Waals surface area (Å²) in [5.74, 6) is -0.789. The summed E-state index contributed by atoms with van der Waals surface area (Å²) in [4.78, 5) is 19.3. The molecule has 0 aliphatic rings. The van der Waals surface area contributed by atoms with Crippen LogP contribution in [0.1, 0.15) is 0 Å². The number of anilines is 1. The van der Waals surface area contributed by atoms with Gasteiger partial charge in [0, 0.05) is 17.1 Å². The Kier molecular flexibility index (Phi) is 5.12. The molecule has 0 fully saturated rings. The fraction of sp³-hybridized carbons (Fsp3) is 0.0526. The maximum absolute atomic E-state index is 11.6. The first-order valence-electron chi connectivity index (χ1n) is 8.43. The molecule has 2 heterocycles. The van der Waals surface area contributed by atoms with Crippen LogP contribution >= 0.6 is 11.8 Å². The second-order valence-corrected chi connectivity index (χ2v) is 7.04. The number of thioether (sulfide) groups is 1. The van der Waals surface area contributed by atoms with Crippen LogP contribution in [-0.4, -0.2) is 42.2 Å². The molecule has 0 saturated heterocycles. The first kappa shape index (κ1) is 18.9. The second-order valence-electron chi connectivity index (χ2n) is 6.10. The van der Waals surface area contributed by atoms with Crippen molar-refractivity contribution in [1.29, 1.82) is 0 Å². The zero-order chi connectivity index (χ0) is 20.4. The summed E-state index contributed by atoms with van der Waals surface area (Å²) in [6, 6.07) is 14.3. The third-order valence-electron chi connectivity index (χ3n) is 4.14. The van der Waals surface area contributed by atoms with Gasteiger partial charge in [-0.3, -0.25) is 20.1 Å². The van der Waals surface area contributed by atoms with Gasteiger partial charge in [-0.25, -0.2) is 4.98 Å². The Morgan fingerprint density at radius 3 is 2.76 bits per heavy atom. The van der Waals surface area contributed by atoms with Gasteiger partial charge in [-0.2, -0.15) is 0 Å². The quantitative estimate of drug-likeness (QED) is 0.323. The summed E-state index contributed by atoms with van der Waals surface area (Å²) < 4.78 is 0. The highest BCUT2D eigenvalue weighted by molar-refractivity contribution is 7.99. The van der Waals surface area contributed by atoms with E-state index in [0.717, 1.165) is 28.2 Å². The fourth-order valence-corrected chi connectivity index (χ4v) is 3.37. The van der Waals surface area contributed by atoms with Crippen molar-refractivity contribution >= 4 is 34.3 Å². The molecule has 0 amide bonds. The van der Waals surface area contributed by atoms with Crippen molar-refractivity contribution < 1.29 is 15.1 Å². The second kappa shape index (κ2) is 7.87. The summed E-state index contributed by atoms with van der Waals surface area (Å²) in [7, 11) is 0. The van der Waals surface area contributed by atoms with Gasteiger partial charge in [0.05, 0.1) is 17.0 Å². The first-order chi connectivity index (χ1) is 14.0. The average Bonchev–Trinajstić information content (AvgIpc) is 3.20. The van der Waals surface area contributed by atoms with Crippen molar-refractivity contribution in [3.8, 4) is 22.5 Å².